The first-order valence-corrected chi connectivity index (χ1v) is 9.49. The van der Waals surface area contributed by atoms with Gasteiger partial charge < -0.3 is 9.80 Å². The Morgan fingerprint density at radius 2 is 2.04 bits per heavy atom. The summed E-state index contributed by atoms with van der Waals surface area (Å²) in [5.74, 6) is 0.474. The van der Waals surface area contributed by atoms with Crippen LogP contribution in [0.1, 0.15) is 24.7 Å². The highest BCUT2D eigenvalue weighted by Gasteiger charge is 2.23. The van der Waals surface area contributed by atoms with Gasteiger partial charge in [-0.1, -0.05) is 12.1 Å². The lowest BCUT2D eigenvalue weighted by molar-refractivity contribution is -0.130. The number of alkyl halides is 1. The van der Waals surface area contributed by atoms with Crippen LogP contribution in [-0.2, 0) is 11.2 Å². The van der Waals surface area contributed by atoms with Gasteiger partial charge in [0.2, 0.25) is 11.0 Å². The number of rotatable bonds is 4. The lowest BCUT2D eigenvalue weighted by atomic mass is 10.1. The quantitative estimate of drug-likeness (QED) is 0.763. The first-order chi connectivity index (χ1) is 12.0. The number of carbonyl (C=O) groups excluding carboxylic acids is 1. The third-order valence-corrected chi connectivity index (χ3v) is 5.15. The smallest absolute Gasteiger partial charge is 0.240 e. The molecule has 5 nitrogen and oxygen atoms in total. The second-order valence-corrected chi connectivity index (χ2v) is 7.46. The second kappa shape index (κ2) is 8.10. The molecule has 0 N–H and O–H groups in total. The lowest BCUT2D eigenvalue weighted by Gasteiger charge is -2.22. The number of aromatic nitrogens is 2. The molecule has 0 saturated carbocycles. The third-order valence-electron chi connectivity index (χ3n) is 4.15. The van der Waals surface area contributed by atoms with Gasteiger partial charge >= 0.3 is 0 Å². The van der Waals surface area contributed by atoms with Crippen molar-refractivity contribution < 1.29 is 9.18 Å². The third kappa shape index (κ3) is 4.67. The fourth-order valence-corrected chi connectivity index (χ4v) is 3.69. The minimum absolute atomic E-state index is 0.0159. The summed E-state index contributed by atoms with van der Waals surface area (Å²) in [5.41, 5.74) is 0.981. The van der Waals surface area contributed by atoms with E-state index in [4.69, 9.17) is 11.6 Å². The molecule has 0 aliphatic carbocycles. The Labute approximate surface area is 155 Å². The van der Waals surface area contributed by atoms with E-state index in [0.717, 1.165) is 36.0 Å². The Balaban J connectivity index is 1.62. The molecule has 1 fully saturated rings. The Hall–Kier alpha value is -1.73. The van der Waals surface area contributed by atoms with E-state index in [1.165, 1.54) is 23.7 Å². The molecule has 1 aliphatic heterocycles. The molecule has 8 heteroatoms. The molecule has 1 aliphatic rings. The Bertz CT molecular complexity index is 722. The number of halogens is 2. The molecule has 1 aromatic heterocycles. The van der Waals surface area contributed by atoms with E-state index in [2.05, 4.69) is 14.3 Å². The molecule has 1 saturated heterocycles. The normalized spacial score (nSPS) is 16.6. The van der Waals surface area contributed by atoms with Crippen LogP contribution in [0.4, 0.5) is 9.52 Å². The highest BCUT2D eigenvalue weighted by molar-refractivity contribution is 7.09. The molecule has 25 heavy (non-hydrogen) atoms. The zero-order valence-corrected chi connectivity index (χ0v) is 15.6. The zero-order valence-electron chi connectivity index (χ0n) is 14.0. The van der Waals surface area contributed by atoms with Gasteiger partial charge in [-0.05, 0) is 31.0 Å². The van der Waals surface area contributed by atoms with E-state index >= 15 is 0 Å². The summed E-state index contributed by atoms with van der Waals surface area (Å²) in [6, 6.07) is 6.39. The number of carbonyl (C=O) groups is 1. The number of benzene rings is 1. The predicted molar refractivity (Wildman–Crippen MR) is 97.8 cm³/mol. The van der Waals surface area contributed by atoms with Gasteiger partial charge in [0.25, 0.3) is 0 Å². The van der Waals surface area contributed by atoms with Crippen molar-refractivity contribution in [3.05, 3.63) is 41.5 Å². The van der Waals surface area contributed by atoms with Crippen molar-refractivity contribution in [1.82, 2.24) is 14.3 Å². The SMILES string of the molecule is C[C@H](Cl)C(=O)N1CCCN(c2nc(Cc3ccc(F)cc3)ns2)CC1. The molecule has 0 spiro atoms. The molecular formula is C17H20ClFN4OS. The molecule has 2 aromatic rings. The monoisotopic (exact) mass is 382 g/mol. The van der Waals surface area contributed by atoms with Gasteiger partial charge in [0.15, 0.2) is 0 Å². The lowest BCUT2D eigenvalue weighted by Crippen LogP contribution is -2.38. The first kappa shape index (κ1) is 18.1. The minimum Gasteiger partial charge on any atom is -0.345 e. The van der Waals surface area contributed by atoms with E-state index in [-0.39, 0.29) is 11.7 Å². The fourth-order valence-electron chi connectivity index (χ4n) is 2.81. The maximum atomic E-state index is 13.0. The molecule has 1 amide bonds. The van der Waals surface area contributed by atoms with Crippen molar-refractivity contribution >= 4 is 34.2 Å². The second-order valence-electron chi connectivity index (χ2n) is 6.08. The van der Waals surface area contributed by atoms with Crippen LogP contribution in [-0.4, -0.2) is 51.7 Å². The maximum Gasteiger partial charge on any atom is 0.240 e. The van der Waals surface area contributed by atoms with Crippen molar-refractivity contribution in [2.75, 3.05) is 31.1 Å². The van der Waals surface area contributed by atoms with E-state index in [0.29, 0.717) is 19.5 Å². The summed E-state index contributed by atoms with van der Waals surface area (Å²) in [4.78, 5) is 20.6. The van der Waals surface area contributed by atoms with E-state index in [1.54, 1.807) is 19.1 Å². The molecule has 0 unspecified atom stereocenters. The molecule has 2 heterocycles. The van der Waals surface area contributed by atoms with Crippen LogP contribution < -0.4 is 4.90 Å². The summed E-state index contributed by atoms with van der Waals surface area (Å²) in [6.45, 7) is 4.63. The molecule has 1 aromatic carbocycles. The summed E-state index contributed by atoms with van der Waals surface area (Å²) in [5, 5.41) is 0.376. The summed E-state index contributed by atoms with van der Waals surface area (Å²) in [6.07, 6.45) is 1.46. The van der Waals surface area contributed by atoms with Crippen LogP contribution >= 0.6 is 23.1 Å². The van der Waals surface area contributed by atoms with Crippen LogP contribution in [0.15, 0.2) is 24.3 Å². The van der Waals surface area contributed by atoms with Gasteiger partial charge in [0.1, 0.15) is 17.0 Å². The number of nitrogens with zero attached hydrogens (tertiary/aromatic N) is 4. The van der Waals surface area contributed by atoms with Crippen molar-refractivity contribution in [3.63, 3.8) is 0 Å². The minimum atomic E-state index is -0.490. The Kier molecular flexibility index (Phi) is 5.86. The summed E-state index contributed by atoms with van der Waals surface area (Å²) >= 11 is 7.27. The summed E-state index contributed by atoms with van der Waals surface area (Å²) in [7, 11) is 0. The highest BCUT2D eigenvalue weighted by atomic mass is 35.5. The fraction of sp³-hybridized carbons (Fsp3) is 0.471. The van der Waals surface area contributed by atoms with Crippen LogP contribution in [0.3, 0.4) is 0 Å². The van der Waals surface area contributed by atoms with Gasteiger partial charge in [0, 0.05) is 44.1 Å². The molecule has 1 atom stereocenters. The van der Waals surface area contributed by atoms with E-state index in [1.807, 2.05) is 4.90 Å². The zero-order chi connectivity index (χ0) is 17.8. The van der Waals surface area contributed by atoms with Gasteiger partial charge in [-0.25, -0.2) is 9.37 Å². The van der Waals surface area contributed by atoms with Crippen molar-refractivity contribution in [2.24, 2.45) is 0 Å². The Morgan fingerprint density at radius 3 is 2.76 bits per heavy atom. The van der Waals surface area contributed by atoms with Crippen LogP contribution in [0.25, 0.3) is 0 Å². The van der Waals surface area contributed by atoms with Gasteiger partial charge in [-0.15, -0.1) is 11.6 Å². The maximum absolute atomic E-state index is 13.0. The largest absolute Gasteiger partial charge is 0.345 e. The average Bonchev–Trinajstić information content (AvgIpc) is 2.91. The van der Waals surface area contributed by atoms with Crippen molar-refractivity contribution in [2.45, 2.75) is 25.1 Å². The molecule has 0 radical (unpaired) electrons. The van der Waals surface area contributed by atoms with Crippen molar-refractivity contribution in [3.8, 4) is 0 Å². The van der Waals surface area contributed by atoms with Gasteiger partial charge in [-0.2, -0.15) is 4.37 Å². The molecule has 134 valence electrons. The molecule has 3 rings (SSSR count). The average molecular weight is 383 g/mol. The topological polar surface area (TPSA) is 49.3 Å². The molecule has 0 bridgehead atoms. The number of amides is 1. The van der Waals surface area contributed by atoms with Crippen molar-refractivity contribution in [1.29, 1.82) is 0 Å². The standard InChI is InChI=1S/C17H20ClFN4OS/c1-12(18)16(24)22-7-2-8-23(10-9-22)17-20-15(21-25-17)11-13-3-5-14(19)6-4-13/h3-6,12H,2,7-11H2,1H3/t12-/m0/s1. The van der Waals surface area contributed by atoms with E-state index < -0.39 is 5.38 Å². The Morgan fingerprint density at radius 1 is 1.28 bits per heavy atom. The predicted octanol–water partition coefficient (Wildman–Crippen LogP) is 2.93. The van der Waals surface area contributed by atoms with Crippen LogP contribution in [0.2, 0.25) is 0 Å². The van der Waals surface area contributed by atoms with Crippen LogP contribution in [0.5, 0.6) is 0 Å². The van der Waals surface area contributed by atoms with E-state index in [9.17, 15) is 9.18 Å². The van der Waals surface area contributed by atoms with Gasteiger partial charge in [0.05, 0.1) is 0 Å². The highest BCUT2D eigenvalue weighted by Crippen LogP contribution is 2.21. The number of hydrogen-bond acceptors (Lipinski definition) is 5. The number of anilines is 1. The van der Waals surface area contributed by atoms with Gasteiger partial charge in [-0.3, -0.25) is 4.79 Å². The van der Waals surface area contributed by atoms with Crippen LogP contribution in [0, 0.1) is 5.82 Å². The molecular weight excluding hydrogens is 363 g/mol. The first-order valence-electron chi connectivity index (χ1n) is 8.28. The number of hydrogen-bond donors (Lipinski definition) is 0. The summed E-state index contributed by atoms with van der Waals surface area (Å²) < 4.78 is 17.4.